The van der Waals surface area contributed by atoms with E-state index in [1.54, 1.807) is 11.0 Å². The van der Waals surface area contributed by atoms with Gasteiger partial charge >= 0.3 is 18.2 Å². The summed E-state index contributed by atoms with van der Waals surface area (Å²) in [5.41, 5.74) is 0.683. The summed E-state index contributed by atoms with van der Waals surface area (Å²) in [6.45, 7) is 6.80. The number of rotatable bonds is 4. The summed E-state index contributed by atoms with van der Waals surface area (Å²) in [4.78, 5) is 32.1. The predicted molar refractivity (Wildman–Crippen MR) is 130 cm³/mol. The predicted octanol–water partition coefficient (Wildman–Crippen LogP) is 2.92. The maximum absolute atomic E-state index is 13.6. The van der Waals surface area contributed by atoms with E-state index in [4.69, 9.17) is 5.11 Å². The minimum Gasteiger partial charge on any atom is -0.476 e. The van der Waals surface area contributed by atoms with Gasteiger partial charge < -0.3 is 19.8 Å². The molecule has 200 valence electrons. The van der Waals surface area contributed by atoms with Gasteiger partial charge in [-0.2, -0.15) is 23.0 Å². The van der Waals surface area contributed by atoms with Crippen LogP contribution in [0.3, 0.4) is 0 Å². The van der Waals surface area contributed by atoms with Crippen molar-refractivity contribution in [3.05, 3.63) is 47.3 Å². The van der Waals surface area contributed by atoms with Crippen molar-refractivity contribution in [2.75, 3.05) is 63.8 Å². The van der Waals surface area contributed by atoms with Crippen LogP contribution >= 0.6 is 0 Å². The normalized spacial score (nSPS) is 23.1. The van der Waals surface area contributed by atoms with Gasteiger partial charge in [0, 0.05) is 70.8 Å². The number of carbonyl (C=O) groups excluding carboxylic acids is 1. The van der Waals surface area contributed by atoms with Crippen molar-refractivity contribution < 1.29 is 27.9 Å². The van der Waals surface area contributed by atoms with Crippen molar-refractivity contribution in [2.24, 2.45) is 5.92 Å². The first-order chi connectivity index (χ1) is 17.7. The number of hydrogen-bond acceptors (Lipinski definition) is 6. The number of alkyl halides is 3. The van der Waals surface area contributed by atoms with Crippen LogP contribution in [-0.2, 0) is 12.7 Å². The van der Waals surface area contributed by atoms with Crippen molar-refractivity contribution in [3.8, 4) is 0 Å². The van der Waals surface area contributed by atoms with Gasteiger partial charge in [-0.15, -0.1) is 0 Å². The number of halogens is 3. The summed E-state index contributed by atoms with van der Waals surface area (Å²) in [5.74, 6) is -0.745. The first-order valence-electron chi connectivity index (χ1n) is 12.7. The zero-order valence-corrected chi connectivity index (χ0v) is 20.5. The molecule has 37 heavy (non-hydrogen) atoms. The highest BCUT2D eigenvalue weighted by Crippen LogP contribution is 2.35. The molecule has 1 aromatic heterocycles. The summed E-state index contributed by atoms with van der Waals surface area (Å²) < 4.78 is 41.9. The van der Waals surface area contributed by atoms with E-state index >= 15 is 0 Å². The number of piperidine rings is 1. The smallest absolute Gasteiger partial charge is 0.416 e. The topological polar surface area (TPSA) is 85.1 Å². The number of fused-ring (bicyclic) bond motifs is 2. The number of amides is 1. The number of carboxylic acids is 1. The van der Waals surface area contributed by atoms with Crippen LogP contribution in [0, 0.1) is 5.92 Å². The molecule has 12 heteroatoms. The van der Waals surface area contributed by atoms with Crippen LogP contribution in [0.5, 0.6) is 0 Å². The number of carboxylic acid groups (broad SMARTS) is 1. The summed E-state index contributed by atoms with van der Waals surface area (Å²) >= 11 is 0. The van der Waals surface area contributed by atoms with Crippen molar-refractivity contribution >= 4 is 17.7 Å². The molecule has 4 heterocycles. The van der Waals surface area contributed by atoms with E-state index in [0.717, 1.165) is 55.3 Å². The van der Waals surface area contributed by atoms with Crippen molar-refractivity contribution in [3.63, 3.8) is 0 Å². The molecule has 2 bridgehead atoms. The molecule has 1 N–H and O–H groups in total. The highest BCUT2D eigenvalue weighted by atomic mass is 19.4. The Hall–Kier alpha value is -3.12. The van der Waals surface area contributed by atoms with Crippen LogP contribution in [0.4, 0.5) is 23.7 Å². The van der Waals surface area contributed by atoms with Gasteiger partial charge in [-0.3, -0.25) is 4.90 Å². The Morgan fingerprint density at radius 1 is 1.00 bits per heavy atom. The van der Waals surface area contributed by atoms with E-state index in [1.165, 1.54) is 18.3 Å². The minimum atomic E-state index is -4.41. The number of aromatic nitrogens is 2. The summed E-state index contributed by atoms with van der Waals surface area (Å²) in [5, 5.41) is 12.8. The fraction of sp³-hybridized carbons (Fsp3) is 0.560. The van der Waals surface area contributed by atoms with Crippen LogP contribution in [0.25, 0.3) is 0 Å². The van der Waals surface area contributed by atoms with Gasteiger partial charge in [0.15, 0.2) is 5.69 Å². The fourth-order valence-corrected chi connectivity index (χ4v) is 5.58. The number of aromatic carboxylic acids is 1. The Kier molecular flexibility index (Phi) is 7.13. The largest absolute Gasteiger partial charge is 0.476 e. The molecule has 0 radical (unpaired) electrons. The second-order valence-electron chi connectivity index (χ2n) is 10.1. The lowest BCUT2D eigenvalue weighted by molar-refractivity contribution is -0.137. The van der Waals surface area contributed by atoms with Crippen molar-refractivity contribution in [2.45, 2.75) is 25.6 Å². The van der Waals surface area contributed by atoms with Crippen molar-refractivity contribution in [1.82, 2.24) is 24.5 Å². The van der Waals surface area contributed by atoms with Crippen LogP contribution < -0.4 is 4.90 Å². The molecule has 3 saturated heterocycles. The van der Waals surface area contributed by atoms with Gasteiger partial charge in [-0.1, -0.05) is 6.07 Å². The van der Waals surface area contributed by atoms with Gasteiger partial charge in [0.1, 0.15) is 0 Å². The summed E-state index contributed by atoms with van der Waals surface area (Å²) in [6, 6.07) is 4.95. The molecule has 5 rings (SSSR count). The quantitative estimate of drug-likeness (QED) is 0.664. The average Bonchev–Trinajstić information content (AvgIpc) is 3.32. The van der Waals surface area contributed by atoms with E-state index < -0.39 is 23.7 Å². The zero-order valence-electron chi connectivity index (χ0n) is 20.5. The Labute approximate surface area is 213 Å². The highest BCUT2D eigenvalue weighted by molar-refractivity contribution is 5.86. The van der Waals surface area contributed by atoms with Crippen LogP contribution in [-0.4, -0.2) is 100 Å². The SMILES string of the molecule is O=C(O)c1ccn(C(=O)N2CCN(Cc3ccc(C(F)(F)F)cc3N3CCN4CCC[C@@H](C4)C3)CC2)n1. The summed E-state index contributed by atoms with van der Waals surface area (Å²) in [7, 11) is 0. The number of carbonyl (C=O) groups is 2. The molecule has 2 atom stereocenters. The van der Waals surface area contributed by atoms with Crippen LogP contribution in [0.1, 0.15) is 34.5 Å². The van der Waals surface area contributed by atoms with E-state index in [1.807, 2.05) is 0 Å². The first-order valence-corrected chi connectivity index (χ1v) is 12.7. The molecule has 0 aliphatic carbocycles. The molecule has 3 fully saturated rings. The molecule has 1 aromatic carbocycles. The van der Waals surface area contributed by atoms with Gasteiger partial charge in [-0.05, 0) is 49.1 Å². The second kappa shape index (κ2) is 10.3. The standard InChI is InChI=1S/C25H31F3N6O3/c26-25(27,28)20-4-3-19(22(14-20)33-13-10-30-6-1-2-18(15-30)16-33)17-31-8-11-32(12-9-31)24(37)34-7-5-21(29-34)23(35)36/h3-5,7,14,18H,1-2,6,8-13,15-17H2,(H,35,36)/t18-/m0/s1. The third kappa shape index (κ3) is 5.74. The minimum absolute atomic E-state index is 0.198. The van der Waals surface area contributed by atoms with E-state index in [0.29, 0.717) is 50.9 Å². The molecule has 0 saturated carbocycles. The Bertz CT molecular complexity index is 1140. The molecule has 3 aliphatic rings. The lowest BCUT2D eigenvalue weighted by Gasteiger charge is -2.36. The number of anilines is 1. The maximum Gasteiger partial charge on any atom is 0.416 e. The van der Waals surface area contributed by atoms with Gasteiger partial charge in [0.2, 0.25) is 0 Å². The second-order valence-corrected chi connectivity index (χ2v) is 10.1. The maximum atomic E-state index is 13.6. The molecule has 1 amide bonds. The number of nitrogens with zero attached hydrogens (tertiary/aromatic N) is 6. The number of piperazine rings is 1. The number of benzene rings is 1. The summed E-state index contributed by atoms with van der Waals surface area (Å²) in [6.07, 6.45) is -0.842. The molecular weight excluding hydrogens is 489 g/mol. The Balaban J connectivity index is 1.29. The van der Waals surface area contributed by atoms with E-state index in [9.17, 15) is 22.8 Å². The highest BCUT2D eigenvalue weighted by Gasteiger charge is 2.33. The van der Waals surface area contributed by atoms with Crippen LogP contribution in [0.2, 0.25) is 0 Å². The fourth-order valence-electron chi connectivity index (χ4n) is 5.58. The molecule has 9 nitrogen and oxygen atoms in total. The van der Waals surface area contributed by atoms with Crippen LogP contribution in [0.15, 0.2) is 30.5 Å². The third-order valence-electron chi connectivity index (χ3n) is 7.56. The third-order valence-corrected chi connectivity index (χ3v) is 7.56. The average molecular weight is 521 g/mol. The first kappa shape index (κ1) is 25.5. The molecule has 0 spiro atoms. The Morgan fingerprint density at radius 3 is 2.49 bits per heavy atom. The van der Waals surface area contributed by atoms with E-state index in [-0.39, 0.29) is 5.69 Å². The molecule has 2 aromatic rings. The number of hydrogen-bond donors (Lipinski definition) is 1. The molecule has 1 unspecified atom stereocenters. The molecule has 3 aliphatic heterocycles. The van der Waals surface area contributed by atoms with E-state index in [2.05, 4.69) is 19.8 Å². The van der Waals surface area contributed by atoms with Gasteiger partial charge in [0.25, 0.3) is 0 Å². The van der Waals surface area contributed by atoms with Crippen molar-refractivity contribution in [1.29, 1.82) is 0 Å². The monoisotopic (exact) mass is 520 g/mol. The lowest BCUT2D eigenvalue weighted by atomic mass is 9.98. The lowest BCUT2D eigenvalue weighted by Crippen LogP contribution is -2.49. The zero-order chi connectivity index (χ0) is 26.2. The molecular formula is C25H31F3N6O3. The Morgan fingerprint density at radius 2 is 1.78 bits per heavy atom. The van der Waals surface area contributed by atoms with Gasteiger partial charge in [-0.25, -0.2) is 9.59 Å². The van der Waals surface area contributed by atoms with Gasteiger partial charge in [0.05, 0.1) is 5.56 Å².